The van der Waals surface area contributed by atoms with Crippen molar-refractivity contribution in [2.24, 2.45) is 0 Å². The molecule has 0 amide bonds. The van der Waals surface area contributed by atoms with Crippen LogP contribution >= 0.6 is 12.6 Å². The van der Waals surface area contributed by atoms with Crippen molar-refractivity contribution < 1.29 is 0 Å². The molecule has 1 aromatic heterocycles. The van der Waals surface area contributed by atoms with Gasteiger partial charge in [-0.15, -0.1) is 12.6 Å². The summed E-state index contributed by atoms with van der Waals surface area (Å²) in [4.78, 5) is 0.949. The molecular weight excluding hydrogens is 132 g/mol. The van der Waals surface area contributed by atoms with E-state index in [2.05, 4.69) is 36.7 Å². The SMILES string of the molecule is CC(C)c1[nH]ncc1S. The molecule has 0 fully saturated rings. The first-order valence-corrected chi connectivity index (χ1v) is 3.38. The predicted molar refractivity (Wildman–Crippen MR) is 39.9 cm³/mol. The summed E-state index contributed by atoms with van der Waals surface area (Å²) in [5, 5.41) is 6.72. The van der Waals surface area contributed by atoms with Gasteiger partial charge in [-0.2, -0.15) is 5.10 Å². The van der Waals surface area contributed by atoms with Crippen molar-refractivity contribution in [3.8, 4) is 0 Å². The van der Waals surface area contributed by atoms with Gasteiger partial charge in [-0.1, -0.05) is 13.8 Å². The van der Waals surface area contributed by atoms with Gasteiger partial charge in [0, 0.05) is 4.90 Å². The fourth-order valence-corrected chi connectivity index (χ4v) is 1.08. The molecular formula is C6H10N2S. The lowest BCUT2D eigenvalue weighted by Crippen LogP contribution is -1.87. The van der Waals surface area contributed by atoms with Crippen LogP contribution < -0.4 is 0 Å². The summed E-state index contributed by atoms with van der Waals surface area (Å²) in [6.07, 6.45) is 1.72. The third kappa shape index (κ3) is 1.27. The monoisotopic (exact) mass is 142 g/mol. The fraction of sp³-hybridized carbons (Fsp3) is 0.500. The summed E-state index contributed by atoms with van der Waals surface area (Å²) in [6, 6.07) is 0. The maximum atomic E-state index is 4.19. The third-order valence-electron chi connectivity index (χ3n) is 1.23. The Labute approximate surface area is 60.1 Å². The predicted octanol–water partition coefficient (Wildman–Crippen LogP) is 1.82. The Morgan fingerprint density at radius 3 is 2.56 bits per heavy atom. The van der Waals surface area contributed by atoms with Crippen LogP contribution in [-0.4, -0.2) is 10.2 Å². The number of thiol groups is 1. The topological polar surface area (TPSA) is 28.7 Å². The van der Waals surface area contributed by atoms with Crippen LogP contribution in [0.15, 0.2) is 11.1 Å². The molecule has 1 rings (SSSR count). The number of hydrogen-bond acceptors (Lipinski definition) is 2. The van der Waals surface area contributed by atoms with Crippen LogP contribution in [0.3, 0.4) is 0 Å². The van der Waals surface area contributed by atoms with Gasteiger partial charge >= 0.3 is 0 Å². The van der Waals surface area contributed by atoms with Crippen LogP contribution in [0.5, 0.6) is 0 Å². The van der Waals surface area contributed by atoms with E-state index in [1.54, 1.807) is 6.20 Å². The van der Waals surface area contributed by atoms with E-state index in [9.17, 15) is 0 Å². The maximum absolute atomic E-state index is 4.19. The van der Waals surface area contributed by atoms with Gasteiger partial charge < -0.3 is 0 Å². The van der Waals surface area contributed by atoms with Crippen LogP contribution in [0.25, 0.3) is 0 Å². The van der Waals surface area contributed by atoms with E-state index in [1.165, 1.54) is 0 Å². The standard InChI is InChI=1S/C6H10N2S/c1-4(2)6-5(9)3-7-8-6/h3-4,9H,1-2H3,(H,7,8). The maximum Gasteiger partial charge on any atom is 0.0623 e. The molecule has 0 atom stereocenters. The van der Waals surface area contributed by atoms with Gasteiger partial charge in [0.05, 0.1) is 11.9 Å². The smallest absolute Gasteiger partial charge is 0.0623 e. The number of aromatic nitrogens is 2. The highest BCUT2D eigenvalue weighted by atomic mass is 32.1. The van der Waals surface area contributed by atoms with Crippen molar-refractivity contribution in [3.05, 3.63) is 11.9 Å². The van der Waals surface area contributed by atoms with Crippen molar-refractivity contribution in [3.63, 3.8) is 0 Å². The summed E-state index contributed by atoms with van der Waals surface area (Å²) in [7, 11) is 0. The van der Waals surface area contributed by atoms with E-state index >= 15 is 0 Å². The first kappa shape index (κ1) is 6.68. The van der Waals surface area contributed by atoms with Crippen LogP contribution in [0, 0.1) is 0 Å². The molecule has 0 aromatic carbocycles. The molecule has 0 aliphatic rings. The fourth-order valence-electron chi connectivity index (χ4n) is 0.715. The van der Waals surface area contributed by atoms with Crippen molar-refractivity contribution in [1.29, 1.82) is 0 Å². The minimum Gasteiger partial charge on any atom is -0.281 e. The summed E-state index contributed by atoms with van der Waals surface area (Å²) in [5.74, 6) is 0.486. The van der Waals surface area contributed by atoms with E-state index in [0.717, 1.165) is 10.6 Å². The summed E-state index contributed by atoms with van der Waals surface area (Å²) >= 11 is 4.19. The number of hydrogen-bond donors (Lipinski definition) is 2. The lowest BCUT2D eigenvalue weighted by molar-refractivity contribution is 0.795. The summed E-state index contributed by atoms with van der Waals surface area (Å²) < 4.78 is 0. The van der Waals surface area contributed by atoms with Gasteiger partial charge in [0.25, 0.3) is 0 Å². The van der Waals surface area contributed by atoms with E-state index in [-0.39, 0.29) is 0 Å². The Balaban J connectivity index is 2.94. The molecule has 3 heteroatoms. The molecule has 0 aliphatic heterocycles. The Morgan fingerprint density at radius 2 is 2.33 bits per heavy atom. The van der Waals surface area contributed by atoms with Crippen molar-refractivity contribution in [1.82, 2.24) is 10.2 Å². The zero-order valence-electron chi connectivity index (χ0n) is 5.55. The molecule has 0 unspecified atom stereocenters. The first-order valence-electron chi connectivity index (χ1n) is 2.94. The molecule has 0 saturated carbocycles. The van der Waals surface area contributed by atoms with Gasteiger partial charge in [-0.25, -0.2) is 0 Å². The van der Waals surface area contributed by atoms with Gasteiger partial charge in [0.1, 0.15) is 0 Å². The van der Waals surface area contributed by atoms with Crippen molar-refractivity contribution >= 4 is 12.6 Å². The molecule has 0 radical (unpaired) electrons. The van der Waals surface area contributed by atoms with E-state index < -0.39 is 0 Å². The average Bonchev–Trinajstić information content (AvgIpc) is 2.13. The van der Waals surface area contributed by atoms with Crippen molar-refractivity contribution in [2.75, 3.05) is 0 Å². The second-order valence-corrected chi connectivity index (χ2v) is 2.81. The largest absolute Gasteiger partial charge is 0.281 e. The number of nitrogens with zero attached hydrogens (tertiary/aromatic N) is 1. The lowest BCUT2D eigenvalue weighted by atomic mass is 10.1. The van der Waals surface area contributed by atoms with Crippen LogP contribution in [0.4, 0.5) is 0 Å². The Bertz CT molecular complexity index is 193. The molecule has 1 heterocycles. The molecule has 1 N–H and O–H groups in total. The van der Waals surface area contributed by atoms with Gasteiger partial charge in [-0.05, 0) is 5.92 Å². The number of nitrogens with one attached hydrogen (secondary N) is 1. The molecule has 50 valence electrons. The second-order valence-electron chi connectivity index (χ2n) is 2.32. The summed E-state index contributed by atoms with van der Waals surface area (Å²) in [5.41, 5.74) is 1.11. The number of rotatable bonds is 1. The number of aromatic amines is 1. The zero-order valence-corrected chi connectivity index (χ0v) is 6.44. The van der Waals surface area contributed by atoms with Gasteiger partial charge in [0.2, 0.25) is 0 Å². The van der Waals surface area contributed by atoms with E-state index in [1.807, 2.05) is 0 Å². The van der Waals surface area contributed by atoms with Gasteiger partial charge in [0.15, 0.2) is 0 Å². The highest BCUT2D eigenvalue weighted by molar-refractivity contribution is 7.80. The lowest BCUT2D eigenvalue weighted by Gasteiger charge is -1.99. The molecule has 9 heavy (non-hydrogen) atoms. The number of H-pyrrole nitrogens is 1. The minimum atomic E-state index is 0.486. The van der Waals surface area contributed by atoms with Crippen LogP contribution in [0.1, 0.15) is 25.5 Å². The van der Waals surface area contributed by atoms with E-state index in [4.69, 9.17) is 0 Å². The molecule has 0 saturated heterocycles. The normalized spacial score (nSPS) is 10.7. The molecule has 0 spiro atoms. The Morgan fingerprint density at radius 1 is 1.67 bits per heavy atom. The van der Waals surface area contributed by atoms with Crippen molar-refractivity contribution in [2.45, 2.75) is 24.7 Å². The third-order valence-corrected chi connectivity index (χ3v) is 1.58. The summed E-state index contributed by atoms with van der Waals surface area (Å²) in [6.45, 7) is 4.21. The van der Waals surface area contributed by atoms with Crippen LogP contribution in [0.2, 0.25) is 0 Å². The molecule has 0 aliphatic carbocycles. The van der Waals surface area contributed by atoms with Gasteiger partial charge in [-0.3, -0.25) is 5.10 Å². The van der Waals surface area contributed by atoms with E-state index in [0.29, 0.717) is 5.92 Å². The van der Waals surface area contributed by atoms with Crippen LogP contribution in [-0.2, 0) is 0 Å². The Hall–Kier alpha value is -0.440. The quantitative estimate of drug-likeness (QED) is 0.575. The minimum absolute atomic E-state index is 0.486. The molecule has 2 nitrogen and oxygen atoms in total. The Kier molecular flexibility index (Phi) is 1.81. The first-order chi connectivity index (χ1) is 4.22. The highest BCUT2D eigenvalue weighted by Crippen LogP contribution is 2.18. The molecule has 0 bridgehead atoms. The zero-order chi connectivity index (χ0) is 6.85. The average molecular weight is 142 g/mol. The second kappa shape index (κ2) is 2.43. The highest BCUT2D eigenvalue weighted by Gasteiger charge is 2.03. The molecule has 1 aromatic rings.